The quantitative estimate of drug-likeness (QED) is 0.205. The Morgan fingerprint density at radius 1 is 1.27 bits per heavy atom. The van der Waals surface area contributed by atoms with Crippen molar-refractivity contribution in [3.05, 3.63) is 68.3 Å². The molecule has 9 nitrogen and oxygen atoms in total. The number of halogens is 1. The molecule has 172 valence electrons. The third-order valence-electron chi connectivity index (χ3n) is 5.98. The Balaban J connectivity index is 1.44. The van der Waals surface area contributed by atoms with Crippen LogP contribution in [-0.4, -0.2) is 45.3 Å². The molecule has 2 aromatic heterocycles. The summed E-state index contributed by atoms with van der Waals surface area (Å²) < 4.78 is 7.06. The molecule has 0 N–H and O–H groups in total. The zero-order chi connectivity index (χ0) is 23.4. The summed E-state index contributed by atoms with van der Waals surface area (Å²) in [4.78, 5) is 21.9. The van der Waals surface area contributed by atoms with Crippen molar-refractivity contribution >= 4 is 28.6 Å². The number of likely N-dealkylation sites (tertiary alicyclic amines) is 1. The molecular weight excluding hydrogens is 442 g/mol. The summed E-state index contributed by atoms with van der Waals surface area (Å²) >= 11 is 6.56. The second-order valence-electron chi connectivity index (χ2n) is 8.15. The lowest BCUT2D eigenvalue weighted by molar-refractivity contribution is 0.0526. The first-order chi connectivity index (χ1) is 16.0. The molecule has 10 heteroatoms. The molecule has 0 spiro atoms. The largest absolute Gasteiger partial charge is 0.462 e. The Kier molecular flexibility index (Phi) is 7.13. The number of hydrogen-bond donors (Lipinski definition) is 0. The number of azide groups is 1. The van der Waals surface area contributed by atoms with Gasteiger partial charge in [0.1, 0.15) is 0 Å². The van der Waals surface area contributed by atoms with E-state index in [0.717, 1.165) is 43.7 Å². The topological polar surface area (TPSA) is 109 Å². The number of carbonyl (C=O) groups excluding carboxylic acids is 1. The Morgan fingerprint density at radius 3 is 2.64 bits per heavy atom. The van der Waals surface area contributed by atoms with Gasteiger partial charge in [0.05, 0.1) is 40.9 Å². The molecule has 0 unspecified atom stereocenters. The van der Waals surface area contributed by atoms with E-state index in [9.17, 15) is 4.79 Å². The van der Waals surface area contributed by atoms with Crippen LogP contribution in [0.4, 0.5) is 0 Å². The first-order valence-corrected chi connectivity index (χ1v) is 11.4. The van der Waals surface area contributed by atoms with Gasteiger partial charge in [-0.2, -0.15) is 5.10 Å². The maximum absolute atomic E-state index is 12.2. The summed E-state index contributed by atoms with van der Waals surface area (Å²) in [5, 5.41) is 9.39. The van der Waals surface area contributed by atoms with Crippen LogP contribution < -0.4 is 0 Å². The molecule has 0 aliphatic carbocycles. The SMILES string of the molecule is CCOC(=O)c1cnc2c(c(C)nn2C2CCN(Cc3ccc(CN=[N+]=[N-])cc3)CC2)c1Cl. The molecule has 1 fully saturated rings. The van der Waals surface area contributed by atoms with E-state index in [4.69, 9.17) is 27.0 Å². The highest BCUT2D eigenvalue weighted by molar-refractivity contribution is 6.38. The van der Waals surface area contributed by atoms with Crippen LogP contribution in [0, 0.1) is 6.92 Å². The molecule has 0 atom stereocenters. The minimum atomic E-state index is -0.469. The summed E-state index contributed by atoms with van der Waals surface area (Å²) in [6.07, 6.45) is 3.38. The van der Waals surface area contributed by atoms with Crippen LogP contribution >= 0.6 is 11.6 Å². The number of pyridine rings is 1. The standard InChI is InChI=1S/C23H26ClN7O2/c1-3-33-23(32)19-13-26-22-20(21(19)24)15(2)28-31(22)18-8-10-30(11-9-18)14-17-6-4-16(5-7-17)12-27-29-25/h4-7,13,18H,3,8-12,14H2,1-2H3. The number of piperidine rings is 1. The average Bonchev–Trinajstić information content (AvgIpc) is 3.16. The van der Waals surface area contributed by atoms with Gasteiger partial charge in [0.2, 0.25) is 0 Å². The highest BCUT2D eigenvalue weighted by Gasteiger charge is 2.26. The number of hydrogen-bond acceptors (Lipinski definition) is 6. The highest BCUT2D eigenvalue weighted by atomic mass is 35.5. The Hall–Kier alpha value is -3.13. The van der Waals surface area contributed by atoms with Crippen LogP contribution in [0.25, 0.3) is 21.5 Å². The second kappa shape index (κ2) is 10.2. The predicted molar refractivity (Wildman–Crippen MR) is 126 cm³/mol. The van der Waals surface area contributed by atoms with E-state index in [2.05, 4.69) is 32.0 Å². The number of aryl methyl sites for hydroxylation is 1. The number of carbonyl (C=O) groups is 1. The summed E-state index contributed by atoms with van der Waals surface area (Å²) in [6, 6.07) is 8.42. The van der Waals surface area contributed by atoms with Gasteiger partial charge >= 0.3 is 5.97 Å². The van der Waals surface area contributed by atoms with Crippen LogP contribution in [0.15, 0.2) is 35.6 Å². The smallest absolute Gasteiger partial charge is 0.341 e. The van der Waals surface area contributed by atoms with Crippen molar-refractivity contribution in [2.45, 2.75) is 45.8 Å². The van der Waals surface area contributed by atoms with E-state index in [1.165, 1.54) is 11.8 Å². The third-order valence-corrected chi connectivity index (χ3v) is 6.37. The van der Waals surface area contributed by atoms with Gasteiger partial charge in [-0.3, -0.25) is 4.90 Å². The fourth-order valence-electron chi connectivity index (χ4n) is 4.28. The predicted octanol–water partition coefficient (Wildman–Crippen LogP) is 5.22. The number of fused-ring (bicyclic) bond motifs is 1. The Morgan fingerprint density at radius 2 is 1.97 bits per heavy atom. The van der Waals surface area contributed by atoms with Crippen molar-refractivity contribution in [1.29, 1.82) is 0 Å². The molecular formula is C23H26ClN7O2. The Labute approximate surface area is 196 Å². The van der Waals surface area contributed by atoms with E-state index in [1.54, 1.807) is 6.92 Å². The summed E-state index contributed by atoms with van der Waals surface area (Å²) in [5.74, 6) is -0.469. The van der Waals surface area contributed by atoms with Crippen molar-refractivity contribution in [3.8, 4) is 0 Å². The van der Waals surface area contributed by atoms with Gasteiger partial charge in [0.25, 0.3) is 0 Å². The fraction of sp³-hybridized carbons (Fsp3) is 0.435. The van der Waals surface area contributed by atoms with Gasteiger partial charge in [-0.15, -0.1) is 0 Å². The Bertz CT molecular complexity index is 1190. The fourth-order valence-corrected chi connectivity index (χ4v) is 4.63. The lowest BCUT2D eigenvalue weighted by Gasteiger charge is -2.32. The van der Waals surface area contributed by atoms with Crippen LogP contribution in [0.1, 0.15) is 53.0 Å². The van der Waals surface area contributed by atoms with Gasteiger partial charge < -0.3 is 4.74 Å². The van der Waals surface area contributed by atoms with Crippen molar-refractivity contribution in [2.75, 3.05) is 19.7 Å². The van der Waals surface area contributed by atoms with Crippen LogP contribution in [0.2, 0.25) is 5.02 Å². The maximum atomic E-state index is 12.2. The molecule has 3 aromatic rings. The van der Waals surface area contributed by atoms with Gasteiger partial charge in [-0.05, 0) is 43.3 Å². The minimum absolute atomic E-state index is 0.223. The molecule has 1 saturated heterocycles. The first-order valence-electron chi connectivity index (χ1n) is 11.0. The molecule has 0 amide bonds. The number of aromatic nitrogens is 3. The summed E-state index contributed by atoms with van der Waals surface area (Å²) in [7, 11) is 0. The number of esters is 1. The van der Waals surface area contributed by atoms with Gasteiger partial charge in [0, 0.05) is 30.7 Å². The van der Waals surface area contributed by atoms with Gasteiger partial charge in [0.15, 0.2) is 5.65 Å². The highest BCUT2D eigenvalue weighted by Crippen LogP contribution is 2.33. The van der Waals surface area contributed by atoms with Gasteiger partial charge in [-0.1, -0.05) is 41.0 Å². The molecule has 0 saturated carbocycles. The normalized spacial score (nSPS) is 14.9. The summed E-state index contributed by atoms with van der Waals surface area (Å²) in [6.45, 7) is 7.07. The average molecular weight is 468 g/mol. The molecule has 4 rings (SSSR count). The lowest BCUT2D eigenvalue weighted by atomic mass is 10.0. The van der Waals surface area contributed by atoms with Crippen molar-refractivity contribution in [3.63, 3.8) is 0 Å². The number of rotatable bonds is 7. The molecule has 1 aromatic carbocycles. The van der Waals surface area contributed by atoms with Crippen LogP contribution in [0.5, 0.6) is 0 Å². The van der Waals surface area contributed by atoms with Crippen LogP contribution in [0.3, 0.4) is 0 Å². The number of ether oxygens (including phenoxy) is 1. The monoisotopic (exact) mass is 467 g/mol. The molecule has 1 aliphatic heterocycles. The molecule has 3 heterocycles. The number of nitrogens with zero attached hydrogens (tertiary/aromatic N) is 7. The first kappa shape index (κ1) is 23.0. The zero-order valence-electron chi connectivity index (χ0n) is 18.7. The maximum Gasteiger partial charge on any atom is 0.341 e. The van der Waals surface area contributed by atoms with Gasteiger partial charge in [-0.25, -0.2) is 14.5 Å². The molecule has 1 aliphatic rings. The lowest BCUT2D eigenvalue weighted by Crippen LogP contribution is -2.34. The van der Waals surface area contributed by atoms with Crippen molar-refractivity contribution in [2.24, 2.45) is 5.11 Å². The van der Waals surface area contributed by atoms with Crippen molar-refractivity contribution < 1.29 is 9.53 Å². The summed E-state index contributed by atoms with van der Waals surface area (Å²) in [5.41, 5.74) is 12.4. The van der Waals surface area contributed by atoms with Crippen molar-refractivity contribution in [1.82, 2.24) is 19.7 Å². The van der Waals surface area contributed by atoms with E-state index in [1.807, 2.05) is 23.7 Å². The van der Waals surface area contributed by atoms with Crippen LogP contribution in [-0.2, 0) is 17.8 Å². The molecule has 0 radical (unpaired) electrons. The zero-order valence-corrected chi connectivity index (χ0v) is 19.5. The number of benzene rings is 1. The van der Waals surface area contributed by atoms with E-state index in [0.29, 0.717) is 22.6 Å². The van der Waals surface area contributed by atoms with E-state index >= 15 is 0 Å². The molecule has 0 bridgehead atoms. The van der Waals surface area contributed by atoms with E-state index < -0.39 is 5.97 Å². The second-order valence-corrected chi connectivity index (χ2v) is 8.53. The minimum Gasteiger partial charge on any atom is -0.462 e. The van der Waals surface area contributed by atoms with E-state index in [-0.39, 0.29) is 18.2 Å². The third kappa shape index (κ3) is 4.95. The molecule has 33 heavy (non-hydrogen) atoms.